The van der Waals surface area contributed by atoms with Gasteiger partial charge < -0.3 is 4.74 Å². The highest BCUT2D eigenvalue weighted by molar-refractivity contribution is 9.10. The zero-order chi connectivity index (χ0) is 17.3. The molecule has 0 saturated heterocycles. The van der Waals surface area contributed by atoms with E-state index in [0.717, 1.165) is 4.47 Å². The van der Waals surface area contributed by atoms with Crippen molar-refractivity contribution in [2.75, 3.05) is 12.4 Å². The molecule has 1 aromatic heterocycles. The first kappa shape index (κ1) is 16.3. The molecule has 3 rings (SSSR count). The van der Waals surface area contributed by atoms with E-state index in [9.17, 15) is 14.9 Å². The van der Waals surface area contributed by atoms with Gasteiger partial charge in [0.2, 0.25) is 0 Å². The van der Waals surface area contributed by atoms with Gasteiger partial charge in [-0.2, -0.15) is 0 Å². The summed E-state index contributed by atoms with van der Waals surface area (Å²) in [6.45, 7) is 0. The maximum Gasteiger partial charge on any atom is 0.270 e. The first-order chi connectivity index (χ1) is 11.5. The second-order valence-electron chi connectivity index (χ2n) is 4.73. The van der Waals surface area contributed by atoms with E-state index in [-0.39, 0.29) is 11.6 Å². The number of fused-ring (bicyclic) bond motifs is 1. The number of nitrogens with one attached hydrogen (secondary N) is 1. The zero-order valence-corrected chi connectivity index (χ0v) is 14.7. The van der Waals surface area contributed by atoms with E-state index in [1.165, 1.54) is 30.6 Å². The lowest BCUT2D eigenvalue weighted by Gasteiger charge is -2.08. The van der Waals surface area contributed by atoms with Crippen LogP contribution in [0.3, 0.4) is 0 Å². The molecule has 0 aliphatic heterocycles. The molecule has 0 unspecified atom stereocenters. The topological polar surface area (TPSA) is 94.4 Å². The van der Waals surface area contributed by atoms with Crippen LogP contribution in [0.25, 0.3) is 10.2 Å². The van der Waals surface area contributed by atoms with Gasteiger partial charge in [0.05, 0.1) is 27.8 Å². The Morgan fingerprint density at radius 2 is 2.12 bits per heavy atom. The van der Waals surface area contributed by atoms with Crippen LogP contribution in [0, 0.1) is 10.1 Å². The lowest BCUT2D eigenvalue weighted by atomic mass is 10.2. The van der Waals surface area contributed by atoms with Crippen molar-refractivity contribution in [3.05, 3.63) is 56.5 Å². The van der Waals surface area contributed by atoms with Gasteiger partial charge in [0.15, 0.2) is 5.13 Å². The average molecular weight is 408 g/mol. The van der Waals surface area contributed by atoms with Gasteiger partial charge in [-0.25, -0.2) is 4.98 Å². The summed E-state index contributed by atoms with van der Waals surface area (Å²) in [5.41, 5.74) is 0.928. The van der Waals surface area contributed by atoms with Crippen LogP contribution in [0.4, 0.5) is 10.8 Å². The molecule has 0 aliphatic carbocycles. The summed E-state index contributed by atoms with van der Waals surface area (Å²) in [6, 6.07) is 9.46. The van der Waals surface area contributed by atoms with Crippen molar-refractivity contribution in [1.82, 2.24) is 4.98 Å². The number of carbonyl (C=O) groups excluding carboxylic acids is 1. The molecule has 0 spiro atoms. The highest BCUT2D eigenvalue weighted by atomic mass is 79.9. The number of halogens is 1. The minimum Gasteiger partial charge on any atom is -0.496 e. The Kier molecular flexibility index (Phi) is 4.45. The van der Waals surface area contributed by atoms with Crippen LogP contribution < -0.4 is 10.1 Å². The molecule has 7 nitrogen and oxygen atoms in total. The third-order valence-electron chi connectivity index (χ3n) is 3.21. The third-order valence-corrected chi connectivity index (χ3v) is 4.64. The van der Waals surface area contributed by atoms with Gasteiger partial charge in [-0.05, 0) is 24.3 Å². The molecule has 3 aromatic rings. The number of thiazole rings is 1. The summed E-state index contributed by atoms with van der Waals surface area (Å²) in [7, 11) is 1.48. The van der Waals surface area contributed by atoms with Gasteiger partial charge in [0.1, 0.15) is 5.75 Å². The van der Waals surface area contributed by atoms with Crippen LogP contribution in [0.1, 0.15) is 10.4 Å². The fraction of sp³-hybridized carbons (Fsp3) is 0.0667. The first-order valence-corrected chi connectivity index (χ1v) is 8.29. The summed E-state index contributed by atoms with van der Waals surface area (Å²) in [5.74, 6) is 0.0640. The molecule has 0 atom stereocenters. The van der Waals surface area contributed by atoms with Gasteiger partial charge in [0, 0.05) is 16.6 Å². The second-order valence-corrected chi connectivity index (χ2v) is 6.67. The number of nitro benzene ring substituents is 1. The Morgan fingerprint density at radius 3 is 2.83 bits per heavy atom. The van der Waals surface area contributed by atoms with Crippen LogP contribution in [0.5, 0.6) is 5.75 Å². The number of rotatable bonds is 4. The second kappa shape index (κ2) is 6.54. The van der Waals surface area contributed by atoms with E-state index in [4.69, 9.17) is 4.74 Å². The Morgan fingerprint density at radius 1 is 1.33 bits per heavy atom. The van der Waals surface area contributed by atoms with Crippen molar-refractivity contribution < 1.29 is 14.5 Å². The van der Waals surface area contributed by atoms with E-state index in [1.807, 2.05) is 0 Å². The number of ether oxygens (including phenoxy) is 1. The maximum atomic E-state index is 12.4. The van der Waals surface area contributed by atoms with Crippen molar-refractivity contribution >= 4 is 54.2 Å². The smallest absolute Gasteiger partial charge is 0.270 e. The number of amides is 1. The van der Waals surface area contributed by atoms with Crippen LogP contribution in [-0.4, -0.2) is 22.9 Å². The summed E-state index contributed by atoms with van der Waals surface area (Å²) in [6.07, 6.45) is 0. The van der Waals surface area contributed by atoms with E-state index in [0.29, 0.717) is 26.7 Å². The van der Waals surface area contributed by atoms with E-state index in [2.05, 4.69) is 26.2 Å². The molecular formula is C15H10BrN3O4S. The molecule has 24 heavy (non-hydrogen) atoms. The fourth-order valence-corrected chi connectivity index (χ4v) is 3.36. The minimum atomic E-state index is -0.468. The van der Waals surface area contributed by atoms with Crippen molar-refractivity contribution in [3.63, 3.8) is 0 Å². The van der Waals surface area contributed by atoms with Crippen molar-refractivity contribution in [1.29, 1.82) is 0 Å². The van der Waals surface area contributed by atoms with Gasteiger partial charge in [-0.3, -0.25) is 20.2 Å². The normalized spacial score (nSPS) is 10.6. The standard InChI is InChI=1S/C15H10BrN3O4S/c1-23-12-5-2-8(16)6-10(12)14(20)18-15-17-11-4-3-9(19(21)22)7-13(11)24-15/h2-7H,1H3,(H,17,18,20). The Hall–Kier alpha value is -2.52. The molecule has 1 heterocycles. The number of hydrogen-bond acceptors (Lipinski definition) is 6. The summed E-state index contributed by atoms with van der Waals surface area (Å²) in [5, 5.41) is 13.9. The first-order valence-electron chi connectivity index (χ1n) is 6.68. The monoisotopic (exact) mass is 407 g/mol. The molecule has 2 aromatic carbocycles. The molecular weight excluding hydrogens is 398 g/mol. The SMILES string of the molecule is COc1ccc(Br)cc1C(=O)Nc1nc2ccc([N+](=O)[O-])cc2s1. The van der Waals surface area contributed by atoms with Crippen molar-refractivity contribution in [3.8, 4) is 5.75 Å². The molecule has 9 heteroatoms. The highest BCUT2D eigenvalue weighted by Gasteiger charge is 2.16. The lowest BCUT2D eigenvalue weighted by molar-refractivity contribution is -0.384. The van der Waals surface area contributed by atoms with Gasteiger partial charge in [-0.1, -0.05) is 27.3 Å². The third kappa shape index (κ3) is 3.22. The minimum absolute atomic E-state index is 0.0160. The molecule has 0 saturated carbocycles. The molecule has 0 aliphatic rings. The van der Waals surface area contributed by atoms with Crippen molar-refractivity contribution in [2.24, 2.45) is 0 Å². The molecule has 1 N–H and O–H groups in total. The van der Waals surface area contributed by atoms with Crippen LogP contribution in [0.15, 0.2) is 40.9 Å². The number of aromatic nitrogens is 1. The summed E-state index contributed by atoms with van der Waals surface area (Å²) >= 11 is 4.49. The van der Waals surface area contributed by atoms with Crippen LogP contribution >= 0.6 is 27.3 Å². The largest absolute Gasteiger partial charge is 0.496 e. The zero-order valence-electron chi connectivity index (χ0n) is 12.3. The molecule has 1 amide bonds. The summed E-state index contributed by atoms with van der Waals surface area (Å²) in [4.78, 5) is 27.1. The quantitative estimate of drug-likeness (QED) is 0.515. The number of hydrogen-bond donors (Lipinski definition) is 1. The Labute approximate surface area is 148 Å². The van der Waals surface area contributed by atoms with Crippen LogP contribution in [0.2, 0.25) is 0 Å². The average Bonchev–Trinajstić information content (AvgIpc) is 2.95. The van der Waals surface area contributed by atoms with E-state index in [1.54, 1.807) is 24.3 Å². The van der Waals surface area contributed by atoms with Gasteiger partial charge in [-0.15, -0.1) is 0 Å². The van der Waals surface area contributed by atoms with Crippen LogP contribution in [-0.2, 0) is 0 Å². The predicted molar refractivity (Wildman–Crippen MR) is 94.9 cm³/mol. The number of benzene rings is 2. The van der Waals surface area contributed by atoms with E-state index >= 15 is 0 Å². The van der Waals surface area contributed by atoms with Gasteiger partial charge in [0.25, 0.3) is 11.6 Å². The fourth-order valence-electron chi connectivity index (χ4n) is 2.10. The number of carbonyl (C=O) groups is 1. The number of nitro groups is 1. The number of anilines is 1. The Balaban J connectivity index is 1.91. The molecule has 122 valence electrons. The van der Waals surface area contributed by atoms with E-state index < -0.39 is 4.92 Å². The molecule has 0 fully saturated rings. The number of non-ortho nitro benzene ring substituents is 1. The predicted octanol–water partition coefficient (Wildman–Crippen LogP) is 4.23. The molecule has 0 radical (unpaired) electrons. The highest BCUT2D eigenvalue weighted by Crippen LogP contribution is 2.30. The number of nitrogens with zero attached hydrogens (tertiary/aromatic N) is 2. The maximum absolute atomic E-state index is 12.4. The molecule has 0 bridgehead atoms. The Bertz CT molecular complexity index is 957. The van der Waals surface area contributed by atoms with Crippen molar-refractivity contribution in [2.45, 2.75) is 0 Å². The lowest BCUT2D eigenvalue weighted by Crippen LogP contribution is -2.13. The summed E-state index contributed by atoms with van der Waals surface area (Å²) < 4.78 is 6.56. The van der Waals surface area contributed by atoms with Gasteiger partial charge >= 0.3 is 0 Å². The number of methoxy groups -OCH3 is 1.